The van der Waals surface area contributed by atoms with E-state index in [-0.39, 0.29) is 6.42 Å². The van der Waals surface area contributed by atoms with Gasteiger partial charge in [0.1, 0.15) is 5.60 Å². The van der Waals surface area contributed by atoms with E-state index >= 15 is 0 Å². The Kier molecular flexibility index (Phi) is 6.99. The van der Waals surface area contributed by atoms with E-state index in [0.717, 1.165) is 16.7 Å². The van der Waals surface area contributed by atoms with Gasteiger partial charge in [-0.15, -0.1) is 0 Å². The maximum absolute atomic E-state index is 12.6. The number of rotatable bonds is 8. The molecule has 0 aliphatic carbocycles. The van der Waals surface area contributed by atoms with Crippen molar-refractivity contribution in [3.8, 4) is 0 Å². The molecule has 0 aliphatic heterocycles. The van der Waals surface area contributed by atoms with Gasteiger partial charge in [-0.2, -0.15) is 0 Å². The van der Waals surface area contributed by atoms with Gasteiger partial charge in [-0.1, -0.05) is 91.0 Å². The summed E-state index contributed by atoms with van der Waals surface area (Å²) in [5.41, 5.74) is 1.32. The van der Waals surface area contributed by atoms with Crippen molar-refractivity contribution in [2.75, 3.05) is 14.2 Å². The third-order valence-corrected chi connectivity index (χ3v) is 4.90. The maximum atomic E-state index is 12.6. The van der Waals surface area contributed by atoms with Gasteiger partial charge in [0.25, 0.3) is 0 Å². The first-order valence-electron chi connectivity index (χ1n) is 9.61. The number of methoxy groups -OCH3 is 2. The highest BCUT2D eigenvalue weighted by Crippen LogP contribution is 2.41. The molecule has 3 aromatic rings. The number of carbonyl (C=O) groups excluding carboxylic acids is 2. The summed E-state index contributed by atoms with van der Waals surface area (Å²) < 4.78 is 16.3. The van der Waals surface area contributed by atoms with Crippen LogP contribution in [0.3, 0.4) is 0 Å². The molecule has 0 radical (unpaired) electrons. The number of benzene rings is 3. The molecule has 0 heterocycles. The zero-order valence-electron chi connectivity index (χ0n) is 17.0. The van der Waals surface area contributed by atoms with Crippen LogP contribution in [0.25, 0.3) is 0 Å². The summed E-state index contributed by atoms with van der Waals surface area (Å²) in [5, 5.41) is 0. The Balaban J connectivity index is 2.24. The second-order valence-corrected chi connectivity index (χ2v) is 6.69. The van der Waals surface area contributed by atoms with Gasteiger partial charge in [-0.25, -0.2) is 4.79 Å². The lowest BCUT2D eigenvalue weighted by Crippen LogP contribution is -2.41. The smallest absolute Gasteiger partial charge is 0.335 e. The molecular weight excluding hydrogens is 380 g/mol. The van der Waals surface area contributed by atoms with Crippen molar-refractivity contribution in [2.24, 2.45) is 0 Å². The fourth-order valence-electron chi connectivity index (χ4n) is 3.48. The van der Waals surface area contributed by atoms with Crippen molar-refractivity contribution in [1.29, 1.82) is 0 Å². The molecule has 0 fully saturated rings. The van der Waals surface area contributed by atoms with Gasteiger partial charge in [-0.05, 0) is 16.7 Å². The van der Waals surface area contributed by atoms with Crippen molar-refractivity contribution in [3.63, 3.8) is 0 Å². The minimum Gasteiger partial charge on any atom is -0.469 e. The monoisotopic (exact) mass is 404 g/mol. The largest absolute Gasteiger partial charge is 0.469 e. The average molecular weight is 404 g/mol. The number of hydrogen-bond donors (Lipinski definition) is 0. The molecule has 0 saturated carbocycles. The van der Waals surface area contributed by atoms with Crippen LogP contribution in [0, 0.1) is 0 Å². The minimum atomic E-state index is -1.16. The van der Waals surface area contributed by atoms with Crippen LogP contribution in [-0.4, -0.2) is 32.3 Å². The normalized spacial score (nSPS) is 12.1. The third kappa shape index (κ3) is 4.42. The van der Waals surface area contributed by atoms with Gasteiger partial charge in [-0.3, -0.25) is 4.79 Å². The average Bonchev–Trinajstić information content (AvgIpc) is 2.82. The molecule has 3 rings (SSSR count). The molecule has 5 heteroatoms. The first-order chi connectivity index (χ1) is 14.6. The van der Waals surface area contributed by atoms with Crippen molar-refractivity contribution >= 4 is 11.9 Å². The maximum Gasteiger partial charge on any atom is 0.335 e. The Labute approximate surface area is 176 Å². The van der Waals surface area contributed by atoms with Crippen molar-refractivity contribution in [1.82, 2.24) is 0 Å². The highest BCUT2D eigenvalue weighted by molar-refractivity contribution is 5.82. The molecule has 1 atom stereocenters. The fraction of sp³-hybridized carbons (Fsp3) is 0.200. The molecule has 0 aliphatic rings. The molecule has 5 nitrogen and oxygen atoms in total. The molecule has 1 unspecified atom stereocenters. The van der Waals surface area contributed by atoms with Gasteiger partial charge < -0.3 is 14.2 Å². The Morgan fingerprint density at radius 1 is 0.700 bits per heavy atom. The number of esters is 2. The Morgan fingerprint density at radius 3 is 1.43 bits per heavy atom. The van der Waals surface area contributed by atoms with Crippen LogP contribution >= 0.6 is 0 Å². The number of hydrogen-bond acceptors (Lipinski definition) is 5. The van der Waals surface area contributed by atoms with Crippen LogP contribution in [0.2, 0.25) is 0 Å². The summed E-state index contributed by atoms with van der Waals surface area (Å²) in [6.07, 6.45) is -1.43. The molecule has 0 saturated heterocycles. The fourth-order valence-corrected chi connectivity index (χ4v) is 3.48. The van der Waals surface area contributed by atoms with Crippen molar-refractivity contribution in [3.05, 3.63) is 108 Å². The second-order valence-electron chi connectivity index (χ2n) is 6.69. The summed E-state index contributed by atoms with van der Waals surface area (Å²) >= 11 is 0. The Hall–Kier alpha value is -3.44. The minimum absolute atomic E-state index is 0.266. The topological polar surface area (TPSA) is 61.8 Å². The van der Waals surface area contributed by atoms with Gasteiger partial charge >= 0.3 is 11.9 Å². The van der Waals surface area contributed by atoms with Crippen molar-refractivity contribution in [2.45, 2.75) is 18.1 Å². The van der Waals surface area contributed by atoms with E-state index in [2.05, 4.69) is 0 Å². The van der Waals surface area contributed by atoms with E-state index in [1.54, 1.807) is 0 Å². The van der Waals surface area contributed by atoms with Crippen LogP contribution in [0.5, 0.6) is 0 Å². The summed E-state index contributed by atoms with van der Waals surface area (Å²) in [4.78, 5) is 24.6. The summed E-state index contributed by atoms with van der Waals surface area (Å²) in [6.45, 7) is 0. The standard InChI is InChI=1S/C25H24O5/c1-28-23(26)18-22(24(27)29-2)30-25(19-12-6-3-7-13-19,20-14-8-4-9-15-20)21-16-10-5-11-17-21/h3-17,22H,18H2,1-2H3. The Bertz CT molecular complexity index is 858. The lowest BCUT2D eigenvalue weighted by molar-refractivity contribution is -0.168. The van der Waals surface area contributed by atoms with E-state index in [4.69, 9.17) is 14.2 Å². The first-order valence-corrected chi connectivity index (χ1v) is 9.61. The molecule has 0 bridgehead atoms. The van der Waals surface area contributed by atoms with Gasteiger partial charge in [0.15, 0.2) is 6.10 Å². The van der Waals surface area contributed by atoms with Crippen LogP contribution in [0.4, 0.5) is 0 Å². The molecule has 3 aromatic carbocycles. The van der Waals surface area contributed by atoms with E-state index in [0.29, 0.717) is 0 Å². The zero-order valence-corrected chi connectivity index (χ0v) is 17.0. The first kappa shape index (κ1) is 21.3. The lowest BCUT2D eigenvalue weighted by atomic mass is 9.80. The van der Waals surface area contributed by atoms with E-state index < -0.39 is 23.6 Å². The molecule has 0 N–H and O–H groups in total. The summed E-state index contributed by atoms with van der Waals surface area (Å²) in [5.74, 6) is -1.21. The molecule has 154 valence electrons. The highest BCUT2D eigenvalue weighted by Gasteiger charge is 2.42. The van der Waals surface area contributed by atoms with Crippen LogP contribution in [-0.2, 0) is 29.4 Å². The SMILES string of the molecule is COC(=O)CC(OC(c1ccccc1)(c1ccccc1)c1ccccc1)C(=O)OC. The number of carbonyl (C=O) groups is 2. The highest BCUT2D eigenvalue weighted by atomic mass is 16.6. The van der Waals surface area contributed by atoms with E-state index in [1.165, 1.54) is 14.2 Å². The van der Waals surface area contributed by atoms with Gasteiger partial charge in [0.2, 0.25) is 0 Å². The Morgan fingerprint density at radius 2 is 1.10 bits per heavy atom. The van der Waals surface area contributed by atoms with Crippen LogP contribution < -0.4 is 0 Å². The van der Waals surface area contributed by atoms with Gasteiger partial charge in [0.05, 0.1) is 20.6 Å². The molecule has 0 aromatic heterocycles. The lowest BCUT2D eigenvalue weighted by Gasteiger charge is -2.38. The quantitative estimate of drug-likeness (QED) is 0.418. The molecule has 30 heavy (non-hydrogen) atoms. The second kappa shape index (κ2) is 9.85. The predicted molar refractivity (Wildman–Crippen MR) is 113 cm³/mol. The summed E-state index contributed by atoms with van der Waals surface area (Å²) in [7, 11) is 2.54. The molecular formula is C25H24O5. The predicted octanol–water partition coefficient (Wildman–Crippen LogP) is 4.10. The van der Waals surface area contributed by atoms with Crippen LogP contribution in [0.15, 0.2) is 91.0 Å². The molecule has 0 spiro atoms. The third-order valence-electron chi connectivity index (χ3n) is 4.90. The van der Waals surface area contributed by atoms with E-state index in [1.807, 2.05) is 91.0 Å². The van der Waals surface area contributed by atoms with E-state index in [9.17, 15) is 9.59 Å². The zero-order chi connectivity index (χ0) is 21.4. The summed E-state index contributed by atoms with van der Waals surface area (Å²) in [6, 6.07) is 28.8. The van der Waals surface area contributed by atoms with Gasteiger partial charge in [0, 0.05) is 0 Å². The van der Waals surface area contributed by atoms with Crippen LogP contribution in [0.1, 0.15) is 23.1 Å². The molecule has 0 amide bonds. The van der Waals surface area contributed by atoms with Crippen molar-refractivity contribution < 1.29 is 23.8 Å². The number of ether oxygens (including phenoxy) is 3.